The number of hydrogen-bond donors (Lipinski definition) is 0. The molecule has 0 atom stereocenters. The Morgan fingerprint density at radius 1 is 1.33 bits per heavy atom. The number of anilines is 1. The van der Waals surface area contributed by atoms with Crippen LogP contribution in [0, 0.1) is 10.1 Å². The molecule has 5 nitrogen and oxygen atoms in total. The Balaban J connectivity index is 2.35. The van der Waals surface area contributed by atoms with E-state index in [0.29, 0.717) is 18.8 Å². The number of hydrogen-bond acceptors (Lipinski definition) is 4. The lowest BCUT2D eigenvalue weighted by atomic mass is 10.2. The molecule has 1 aromatic rings. The zero-order valence-electron chi connectivity index (χ0n) is 9.51. The molecule has 1 aromatic carbocycles. The van der Waals surface area contributed by atoms with E-state index in [1.807, 2.05) is 4.90 Å². The minimum atomic E-state index is -2.94. The first-order chi connectivity index (χ1) is 8.58. The highest BCUT2D eigenvalue weighted by molar-refractivity contribution is 5.63. The lowest BCUT2D eigenvalue weighted by molar-refractivity contribution is -0.384. The average Bonchev–Trinajstić information content (AvgIpc) is 2.81. The molecule has 0 radical (unpaired) electrons. The number of nitro groups is 1. The Morgan fingerprint density at radius 2 is 2.00 bits per heavy atom. The fourth-order valence-corrected chi connectivity index (χ4v) is 2.02. The van der Waals surface area contributed by atoms with Gasteiger partial charge in [-0.1, -0.05) is 0 Å². The minimum absolute atomic E-state index is 0.0162. The summed E-state index contributed by atoms with van der Waals surface area (Å²) in [5.74, 6) is -0.0162. The molecule has 1 heterocycles. The van der Waals surface area contributed by atoms with Crippen molar-refractivity contribution < 1.29 is 18.4 Å². The van der Waals surface area contributed by atoms with E-state index in [2.05, 4.69) is 4.74 Å². The fourth-order valence-electron chi connectivity index (χ4n) is 2.02. The smallest absolute Gasteiger partial charge is 0.387 e. The third kappa shape index (κ3) is 2.66. The Labute approximate surface area is 102 Å². The summed E-state index contributed by atoms with van der Waals surface area (Å²) in [6, 6.07) is 3.66. The molecular weight excluding hydrogens is 246 g/mol. The van der Waals surface area contributed by atoms with Crippen molar-refractivity contribution in [2.45, 2.75) is 19.5 Å². The van der Waals surface area contributed by atoms with Crippen LogP contribution in [-0.2, 0) is 0 Å². The van der Waals surface area contributed by atoms with Crippen LogP contribution in [0.4, 0.5) is 20.2 Å². The predicted octanol–water partition coefficient (Wildman–Crippen LogP) is 2.80. The van der Waals surface area contributed by atoms with Crippen LogP contribution in [0.5, 0.6) is 5.75 Å². The largest absolute Gasteiger partial charge is 0.433 e. The van der Waals surface area contributed by atoms with Gasteiger partial charge in [0.25, 0.3) is 5.69 Å². The average molecular weight is 258 g/mol. The Hall–Kier alpha value is -1.92. The van der Waals surface area contributed by atoms with Gasteiger partial charge < -0.3 is 9.64 Å². The van der Waals surface area contributed by atoms with E-state index in [1.54, 1.807) is 0 Å². The van der Waals surface area contributed by atoms with Crippen LogP contribution >= 0.6 is 0 Å². The molecule has 0 aromatic heterocycles. The number of nitro benzene ring substituents is 1. The molecule has 1 aliphatic rings. The van der Waals surface area contributed by atoms with Gasteiger partial charge in [0.1, 0.15) is 5.75 Å². The number of benzene rings is 1. The predicted molar refractivity (Wildman–Crippen MR) is 61.2 cm³/mol. The van der Waals surface area contributed by atoms with Crippen LogP contribution in [0.2, 0.25) is 0 Å². The molecule has 0 saturated carbocycles. The first-order valence-electron chi connectivity index (χ1n) is 5.56. The van der Waals surface area contributed by atoms with Gasteiger partial charge >= 0.3 is 6.61 Å². The first kappa shape index (κ1) is 12.5. The van der Waals surface area contributed by atoms with E-state index in [0.717, 1.165) is 18.9 Å². The quantitative estimate of drug-likeness (QED) is 0.615. The van der Waals surface area contributed by atoms with Crippen molar-refractivity contribution in [2.75, 3.05) is 18.0 Å². The number of ether oxygens (including phenoxy) is 1. The molecule has 0 spiro atoms. The number of nitrogens with zero attached hydrogens (tertiary/aromatic N) is 2. The van der Waals surface area contributed by atoms with Crippen LogP contribution < -0.4 is 9.64 Å². The highest BCUT2D eigenvalue weighted by atomic mass is 19.3. The summed E-state index contributed by atoms with van der Waals surface area (Å²) in [4.78, 5) is 12.0. The standard InChI is InChI=1S/C11H12F2N2O3/c12-11(13)18-10-4-3-8(15(16)17)7-9(10)14-5-1-2-6-14/h3-4,7,11H,1-2,5-6H2. The van der Waals surface area contributed by atoms with Gasteiger partial charge in [-0.25, -0.2) is 0 Å². The zero-order valence-corrected chi connectivity index (χ0v) is 9.51. The molecule has 1 fully saturated rings. The van der Waals surface area contributed by atoms with E-state index in [-0.39, 0.29) is 11.4 Å². The van der Waals surface area contributed by atoms with E-state index < -0.39 is 11.5 Å². The lowest BCUT2D eigenvalue weighted by Crippen LogP contribution is -2.19. The molecule has 1 saturated heterocycles. The number of alkyl halides is 2. The topological polar surface area (TPSA) is 55.6 Å². The third-order valence-corrected chi connectivity index (χ3v) is 2.82. The van der Waals surface area contributed by atoms with Crippen molar-refractivity contribution in [3.63, 3.8) is 0 Å². The summed E-state index contributed by atoms with van der Waals surface area (Å²) in [7, 11) is 0. The fraction of sp³-hybridized carbons (Fsp3) is 0.455. The summed E-state index contributed by atoms with van der Waals surface area (Å²) in [5.41, 5.74) is 0.237. The Kier molecular flexibility index (Phi) is 3.59. The van der Waals surface area contributed by atoms with Gasteiger partial charge in [0, 0.05) is 25.2 Å². The molecule has 0 aliphatic carbocycles. The minimum Gasteiger partial charge on any atom is -0.433 e. The second-order valence-corrected chi connectivity index (χ2v) is 3.98. The summed E-state index contributed by atoms with van der Waals surface area (Å²) < 4.78 is 28.9. The van der Waals surface area contributed by atoms with Crippen molar-refractivity contribution in [3.8, 4) is 5.75 Å². The van der Waals surface area contributed by atoms with Gasteiger partial charge in [-0.2, -0.15) is 8.78 Å². The second-order valence-electron chi connectivity index (χ2n) is 3.98. The van der Waals surface area contributed by atoms with Crippen molar-refractivity contribution >= 4 is 11.4 Å². The summed E-state index contributed by atoms with van der Waals surface area (Å²) >= 11 is 0. The van der Waals surface area contributed by atoms with Crippen LogP contribution in [0.25, 0.3) is 0 Å². The third-order valence-electron chi connectivity index (χ3n) is 2.82. The van der Waals surface area contributed by atoms with Gasteiger partial charge in [0.15, 0.2) is 0 Å². The van der Waals surface area contributed by atoms with Crippen LogP contribution in [0.1, 0.15) is 12.8 Å². The summed E-state index contributed by atoms with van der Waals surface area (Å²) in [5, 5.41) is 10.7. The Morgan fingerprint density at radius 3 is 2.56 bits per heavy atom. The summed E-state index contributed by atoms with van der Waals surface area (Å²) in [6.07, 6.45) is 1.88. The van der Waals surface area contributed by atoms with Gasteiger partial charge in [-0.05, 0) is 18.9 Å². The lowest BCUT2D eigenvalue weighted by Gasteiger charge is -2.20. The van der Waals surface area contributed by atoms with Gasteiger partial charge in [0.2, 0.25) is 0 Å². The van der Waals surface area contributed by atoms with E-state index in [9.17, 15) is 18.9 Å². The van der Waals surface area contributed by atoms with Crippen molar-refractivity contribution in [1.29, 1.82) is 0 Å². The SMILES string of the molecule is O=[N+]([O-])c1ccc(OC(F)F)c(N2CCCC2)c1. The highest BCUT2D eigenvalue weighted by Crippen LogP contribution is 2.35. The molecule has 1 aliphatic heterocycles. The zero-order chi connectivity index (χ0) is 13.1. The Bertz CT molecular complexity index is 448. The highest BCUT2D eigenvalue weighted by Gasteiger charge is 2.21. The molecule has 0 N–H and O–H groups in total. The number of rotatable bonds is 4. The second kappa shape index (κ2) is 5.16. The number of non-ortho nitro benzene ring substituents is 1. The van der Waals surface area contributed by atoms with E-state index in [4.69, 9.17) is 0 Å². The molecule has 0 bridgehead atoms. The first-order valence-corrected chi connectivity index (χ1v) is 5.56. The van der Waals surface area contributed by atoms with Gasteiger partial charge in [-0.3, -0.25) is 10.1 Å². The monoisotopic (exact) mass is 258 g/mol. The maximum Gasteiger partial charge on any atom is 0.387 e. The summed E-state index contributed by atoms with van der Waals surface area (Å²) in [6.45, 7) is -1.55. The van der Waals surface area contributed by atoms with E-state index in [1.165, 1.54) is 12.1 Å². The molecular formula is C11H12F2N2O3. The maximum absolute atomic E-state index is 12.3. The molecule has 7 heteroatoms. The van der Waals surface area contributed by atoms with Crippen LogP contribution in [-0.4, -0.2) is 24.6 Å². The van der Waals surface area contributed by atoms with Crippen molar-refractivity contribution in [1.82, 2.24) is 0 Å². The van der Waals surface area contributed by atoms with Crippen LogP contribution in [0.15, 0.2) is 18.2 Å². The molecule has 0 amide bonds. The van der Waals surface area contributed by atoms with Gasteiger partial charge in [-0.15, -0.1) is 0 Å². The molecule has 98 valence electrons. The number of halogens is 2. The normalized spacial score (nSPS) is 15.2. The van der Waals surface area contributed by atoms with E-state index >= 15 is 0 Å². The van der Waals surface area contributed by atoms with Crippen LogP contribution in [0.3, 0.4) is 0 Å². The maximum atomic E-state index is 12.3. The van der Waals surface area contributed by atoms with Crippen molar-refractivity contribution in [2.24, 2.45) is 0 Å². The molecule has 18 heavy (non-hydrogen) atoms. The van der Waals surface area contributed by atoms with Gasteiger partial charge in [0.05, 0.1) is 10.6 Å². The molecule has 0 unspecified atom stereocenters. The van der Waals surface area contributed by atoms with Crippen molar-refractivity contribution in [3.05, 3.63) is 28.3 Å². The molecule has 2 rings (SSSR count).